The van der Waals surface area contributed by atoms with Crippen LogP contribution in [0.5, 0.6) is 0 Å². The monoisotopic (exact) mass is 457 g/mol. The Morgan fingerprint density at radius 1 is 1.34 bits per heavy atom. The number of aromatic nitrogens is 3. The SMILES string of the molecule is Cc1cnccc1C(C)NC(=O)Cn1ncc(N[C@@H]2C[C@@H]3C[C@H]([C@H]2C)C3(C)C)c(Cl)c1=O. The van der Waals surface area contributed by atoms with Crippen molar-refractivity contribution in [3.05, 3.63) is 51.2 Å². The zero-order valence-electron chi connectivity index (χ0n) is 19.4. The maximum atomic E-state index is 12.8. The summed E-state index contributed by atoms with van der Waals surface area (Å²) in [6.07, 6.45) is 7.37. The number of anilines is 1. The average Bonchev–Trinajstić information content (AvgIpc) is 2.74. The molecule has 0 radical (unpaired) electrons. The molecule has 172 valence electrons. The molecule has 2 N–H and O–H groups in total. The number of hydrogen-bond donors (Lipinski definition) is 2. The lowest BCUT2D eigenvalue weighted by molar-refractivity contribution is -0.122. The predicted molar refractivity (Wildman–Crippen MR) is 126 cm³/mol. The van der Waals surface area contributed by atoms with Gasteiger partial charge in [0.2, 0.25) is 5.91 Å². The number of carbonyl (C=O) groups is 1. The molecular weight excluding hydrogens is 426 g/mol. The summed E-state index contributed by atoms with van der Waals surface area (Å²) in [7, 11) is 0. The minimum absolute atomic E-state index is 0.0801. The quantitative estimate of drug-likeness (QED) is 0.685. The molecule has 3 saturated carbocycles. The minimum Gasteiger partial charge on any atom is -0.379 e. The summed E-state index contributed by atoms with van der Waals surface area (Å²) in [5.74, 6) is 1.57. The van der Waals surface area contributed by atoms with Crippen LogP contribution in [0.4, 0.5) is 5.69 Å². The van der Waals surface area contributed by atoms with Crippen molar-refractivity contribution in [2.75, 3.05) is 5.32 Å². The summed E-state index contributed by atoms with van der Waals surface area (Å²) in [4.78, 5) is 29.4. The summed E-state index contributed by atoms with van der Waals surface area (Å²) in [6, 6.07) is 1.94. The summed E-state index contributed by atoms with van der Waals surface area (Å²) in [6.45, 7) is 10.6. The number of rotatable bonds is 6. The van der Waals surface area contributed by atoms with Gasteiger partial charge in [-0.15, -0.1) is 0 Å². The molecule has 8 heteroatoms. The Kier molecular flexibility index (Phi) is 6.05. The van der Waals surface area contributed by atoms with Gasteiger partial charge in [0.15, 0.2) is 0 Å². The van der Waals surface area contributed by atoms with Crippen molar-refractivity contribution < 1.29 is 4.79 Å². The van der Waals surface area contributed by atoms with Crippen molar-refractivity contribution in [1.29, 1.82) is 0 Å². The Labute approximate surface area is 194 Å². The van der Waals surface area contributed by atoms with Crippen LogP contribution in [0.3, 0.4) is 0 Å². The van der Waals surface area contributed by atoms with E-state index in [4.69, 9.17) is 11.6 Å². The Hall–Kier alpha value is -2.41. The molecule has 2 aromatic heterocycles. The maximum Gasteiger partial charge on any atom is 0.288 e. The van der Waals surface area contributed by atoms with Gasteiger partial charge in [-0.3, -0.25) is 14.6 Å². The first kappa shape index (κ1) is 22.8. The van der Waals surface area contributed by atoms with Crippen LogP contribution < -0.4 is 16.2 Å². The highest BCUT2D eigenvalue weighted by atomic mass is 35.5. The predicted octanol–water partition coefficient (Wildman–Crippen LogP) is 3.96. The van der Waals surface area contributed by atoms with Crippen LogP contribution in [0.15, 0.2) is 29.5 Å². The van der Waals surface area contributed by atoms with Crippen LogP contribution in [0.2, 0.25) is 5.02 Å². The Morgan fingerprint density at radius 3 is 2.75 bits per heavy atom. The van der Waals surface area contributed by atoms with Gasteiger partial charge in [-0.25, -0.2) is 4.68 Å². The average molecular weight is 458 g/mol. The van der Waals surface area contributed by atoms with Crippen molar-refractivity contribution in [3.8, 4) is 0 Å². The van der Waals surface area contributed by atoms with Crippen LogP contribution in [0, 0.1) is 30.1 Å². The van der Waals surface area contributed by atoms with Crippen molar-refractivity contribution in [1.82, 2.24) is 20.1 Å². The zero-order chi connectivity index (χ0) is 23.2. The number of hydrogen-bond acceptors (Lipinski definition) is 5. The smallest absolute Gasteiger partial charge is 0.288 e. The highest BCUT2D eigenvalue weighted by Crippen LogP contribution is 2.61. The van der Waals surface area contributed by atoms with Crippen molar-refractivity contribution in [3.63, 3.8) is 0 Å². The first-order valence-electron chi connectivity index (χ1n) is 11.3. The van der Waals surface area contributed by atoms with Gasteiger partial charge in [-0.1, -0.05) is 32.4 Å². The Morgan fingerprint density at radius 2 is 2.09 bits per heavy atom. The van der Waals surface area contributed by atoms with Crippen LogP contribution in [-0.4, -0.2) is 26.7 Å². The zero-order valence-corrected chi connectivity index (χ0v) is 20.1. The molecule has 2 heterocycles. The van der Waals surface area contributed by atoms with Crippen molar-refractivity contribution >= 4 is 23.2 Å². The van der Waals surface area contributed by atoms with Gasteiger partial charge < -0.3 is 10.6 Å². The maximum absolute atomic E-state index is 12.8. The first-order chi connectivity index (χ1) is 15.1. The van der Waals surface area contributed by atoms with Gasteiger partial charge in [0.05, 0.1) is 17.9 Å². The number of halogens is 1. The largest absolute Gasteiger partial charge is 0.379 e. The second kappa shape index (κ2) is 8.50. The standard InChI is InChI=1S/C24H32ClN5O2/c1-13-10-26-7-6-17(13)15(3)28-21(31)12-30-23(32)22(25)20(11-27-30)29-19-9-16-8-18(14(19)2)24(16,4)5/h6-7,10-11,14-16,18-19,29H,8-9,12H2,1-5H3,(H,28,31)/t14-,15?,16+,18-,19-/m1/s1. The number of aryl methyl sites for hydroxylation is 1. The normalized spacial score (nSPS) is 26.7. The lowest BCUT2D eigenvalue weighted by Gasteiger charge is -2.62. The topological polar surface area (TPSA) is 88.9 Å². The van der Waals surface area contributed by atoms with E-state index in [0.717, 1.165) is 22.2 Å². The molecule has 1 unspecified atom stereocenters. The molecule has 2 bridgehead atoms. The third-order valence-corrected chi connectivity index (χ3v) is 8.25. The van der Waals surface area contributed by atoms with E-state index in [1.54, 1.807) is 18.6 Å². The molecular formula is C24H32ClN5O2. The number of nitrogens with one attached hydrogen (secondary N) is 2. The fourth-order valence-corrected chi connectivity index (χ4v) is 5.89. The molecule has 32 heavy (non-hydrogen) atoms. The first-order valence-corrected chi connectivity index (χ1v) is 11.7. The van der Waals surface area contributed by atoms with E-state index in [2.05, 4.69) is 41.5 Å². The van der Waals surface area contributed by atoms with Gasteiger partial charge in [0.25, 0.3) is 5.56 Å². The van der Waals surface area contributed by atoms with E-state index >= 15 is 0 Å². The van der Waals surface area contributed by atoms with Gasteiger partial charge in [0, 0.05) is 18.4 Å². The van der Waals surface area contributed by atoms with Gasteiger partial charge in [-0.05, 0) is 67.1 Å². The molecule has 7 nitrogen and oxygen atoms in total. The second-order valence-corrected chi connectivity index (χ2v) is 10.4. The number of pyridine rings is 1. The molecule has 0 aliphatic heterocycles. The molecule has 2 aromatic rings. The molecule has 3 aliphatic carbocycles. The highest BCUT2D eigenvalue weighted by molar-refractivity contribution is 6.32. The molecule has 3 fully saturated rings. The molecule has 3 aliphatic rings. The number of amides is 1. The van der Waals surface area contributed by atoms with Crippen molar-refractivity contribution in [2.45, 2.75) is 66.1 Å². The summed E-state index contributed by atoms with van der Waals surface area (Å²) in [5, 5.41) is 10.7. The minimum atomic E-state index is -0.464. The van der Waals surface area contributed by atoms with Gasteiger partial charge in [0.1, 0.15) is 11.6 Å². The molecule has 5 rings (SSSR count). The van der Waals surface area contributed by atoms with Gasteiger partial charge in [-0.2, -0.15) is 5.10 Å². The lowest BCUT2D eigenvalue weighted by atomic mass is 9.45. The molecule has 5 atom stereocenters. The third kappa shape index (κ3) is 4.03. The fourth-order valence-electron chi connectivity index (χ4n) is 5.69. The second-order valence-electron chi connectivity index (χ2n) is 10.1. The third-order valence-electron chi connectivity index (χ3n) is 7.88. The van der Waals surface area contributed by atoms with E-state index in [-0.39, 0.29) is 29.6 Å². The van der Waals surface area contributed by atoms with Crippen LogP contribution >= 0.6 is 11.6 Å². The molecule has 0 aromatic carbocycles. The van der Waals surface area contributed by atoms with E-state index in [9.17, 15) is 9.59 Å². The molecule has 0 spiro atoms. The van der Waals surface area contributed by atoms with Crippen LogP contribution in [0.1, 0.15) is 57.7 Å². The van der Waals surface area contributed by atoms with Gasteiger partial charge >= 0.3 is 0 Å². The fraction of sp³-hybridized carbons (Fsp3) is 0.583. The molecule has 0 saturated heterocycles. The van der Waals surface area contributed by atoms with Crippen LogP contribution in [0.25, 0.3) is 0 Å². The Balaban J connectivity index is 1.41. The summed E-state index contributed by atoms with van der Waals surface area (Å²) >= 11 is 6.40. The van der Waals surface area contributed by atoms with E-state index in [1.807, 2.05) is 19.9 Å². The van der Waals surface area contributed by atoms with E-state index in [1.165, 1.54) is 6.42 Å². The number of fused-ring (bicyclic) bond motifs is 2. The van der Waals surface area contributed by atoms with Crippen LogP contribution in [-0.2, 0) is 11.3 Å². The van der Waals surface area contributed by atoms with Crippen molar-refractivity contribution in [2.24, 2.45) is 23.2 Å². The number of carbonyl (C=O) groups excluding carboxylic acids is 1. The highest BCUT2D eigenvalue weighted by Gasteiger charge is 2.56. The van der Waals surface area contributed by atoms with E-state index < -0.39 is 5.56 Å². The molecule has 1 amide bonds. The summed E-state index contributed by atoms with van der Waals surface area (Å²) in [5.41, 5.74) is 2.45. The Bertz CT molecular complexity index is 1080. The van der Waals surface area contributed by atoms with E-state index in [0.29, 0.717) is 28.9 Å². The summed E-state index contributed by atoms with van der Waals surface area (Å²) < 4.78 is 1.11. The number of nitrogens with zero attached hydrogens (tertiary/aromatic N) is 3. The lowest BCUT2D eigenvalue weighted by Crippen LogP contribution is -2.58.